The molecule has 2 heterocycles. The lowest BCUT2D eigenvalue weighted by atomic mass is 9.94. The molecule has 0 spiro atoms. The summed E-state index contributed by atoms with van der Waals surface area (Å²) in [6.45, 7) is 0. The minimum atomic E-state index is -1.67. The van der Waals surface area contributed by atoms with Gasteiger partial charge in [0, 0.05) is 16.5 Å². The summed E-state index contributed by atoms with van der Waals surface area (Å²) in [4.78, 5) is 33.6. The zero-order valence-corrected chi connectivity index (χ0v) is 20.8. The smallest absolute Gasteiger partial charge is 0.254 e. The molecule has 0 aliphatic carbocycles. The van der Waals surface area contributed by atoms with Gasteiger partial charge in [-0.15, -0.1) is 0 Å². The van der Waals surface area contributed by atoms with E-state index >= 15 is 0 Å². The van der Waals surface area contributed by atoms with Gasteiger partial charge in [0.05, 0.1) is 28.2 Å². The maximum absolute atomic E-state index is 13.5. The molecule has 0 saturated carbocycles. The minimum absolute atomic E-state index is 0.0984. The number of anilines is 1. The maximum atomic E-state index is 13.5. The summed E-state index contributed by atoms with van der Waals surface area (Å²) in [6, 6.07) is 19.9. The van der Waals surface area contributed by atoms with Crippen LogP contribution in [0.5, 0.6) is 0 Å². The van der Waals surface area contributed by atoms with Crippen molar-refractivity contribution in [3.8, 4) is 0 Å². The van der Waals surface area contributed by atoms with Crippen molar-refractivity contribution in [2.75, 3.05) is 4.90 Å². The number of nitrogens with zero attached hydrogens (tertiary/aromatic N) is 2. The normalized spacial score (nSPS) is 25.4. The van der Waals surface area contributed by atoms with Crippen molar-refractivity contribution in [3.63, 3.8) is 0 Å². The highest BCUT2D eigenvalue weighted by Crippen LogP contribution is 2.47. The number of halogens is 3. The molecule has 2 aliphatic rings. The van der Waals surface area contributed by atoms with Crippen molar-refractivity contribution in [2.24, 2.45) is 0 Å². The van der Waals surface area contributed by atoms with E-state index < -0.39 is 23.8 Å². The Morgan fingerprint density at radius 3 is 2.32 bits per heavy atom. The number of hydrogen-bond acceptors (Lipinski definition) is 5. The van der Waals surface area contributed by atoms with Crippen LogP contribution in [0.2, 0.25) is 10.0 Å². The van der Waals surface area contributed by atoms with Crippen LogP contribution in [0.1, 0.15) is 30.0 Å². The molecular formula is C25H19BrCl2N2O4. The first-order chi connectivity index (χ1) is 16.3. The summed E-state index contributed by atoms with van der Waals surface area (Å²) >= 11 is 15.5. The second-order valence-electron chi connectivity index (χ2n) is 8.26. The van der Waals surface area contributed by atoms with Crippen molar-refractivity contribution in [2.45, 2.75) is 30.7 Å². The van der Waals surface area contributed by atoms with E-state index in [2.05, 4.69) is 15.9 Å². The van der Waals surface area contributed by atoms with E-state index in [1.807, 2.05) is 42.5 Å². The highest BCUT2D eigenvalue weighted by Gasteiger charge is 2.54. The van der Waals surface area contributed by atoms with E-state index in [0.717, 1.165) is 14.9 Å². The predicted octanol–water partition coefficient (Wildman–Crippen LogP) is 5.61. The first kappa shape index (κ1) is 23.5. The Hall–Kier alpha value is -2.26. The molecule has 174 valence electrons. The summed E-state index contributed by atoms with van der Waals surface area (Å²) in [5.74, 6) is -2.51. The number of benzene rings is 3. The van der Waals surface area contributed by atoms with Gasteiger partial charge in [-0.1, -0.05) is 81.6 Å². The lowest BCUT2D eigenvalue weighted by Crippen LogP contribution is -2.42. The third-order valence-electron chi connectivity index (χ3n) is 6.10. The molecule has 0 unspecified atom stereocenters. The SMILES string of the molecule is O=C1C[C@@H](N2O[C@@](O)(c3ccc(Br)cc3)C[C@H]2c2ccccc2)C(=O)N1c1ccc(Cl)c(Cl)c1. The Morgan fingerprint density at radius 1 is 0.941 bits per heavy atom. The number of carbonyl (C=O) groups excluding carboxylic acids is 2. The molecule has 3 aromatic carbocycles. The van der Waals surface area contributed by atoms with Gasteiger partial charge in [-0.2, -0.15) is 5.06 Å². The monoisotopic (exact) mass is 560 g/mol. The second-order valence-corrected chi connectivity index (χ2v) is 9.99. The quantitative estimate of drug-likeness (QED) is 0.419. The predicted molar refractivity (Wildman–Crippen MR) is 132 cm³/mol. The van der Waals surface area contributed by atoms with Crippen LogP contribution in [0.3, 0.4) is 0 Å². The number of aliphatic hydroxyl groups is 1. The van der Waals surface area contributed by atoms with Crippen molar-refractivity contribution >= 4 is 56.6 Å². The molecule has 0 aromatic heterocycles. The fourth-order valence-corrected chi connectivity index (χ4v) is 5.00. The van der Waals surface area contributed by atoms with Crippen LogP contribution in [-0.2, 0) is 20.2 Å². The van der Waals surface area contributed by atoms with Crippen LogP contribution in [0, 0.1) is 0 Å². The van der Waals surface area contributed by atoms with Crippen molar-refractivity contribution in [1.29, 1.82) is 0 Å². The van der Waals surface area contributed by atoms with Gasteiger partial charge in [-0.3, -0.25) is 14.4 Å². The molecule has 2 saturated heterocycles. The average Bonchev–Trinajstić information content (AvgIpc) is 3.33. The molecule has 34 heavy (non-hydrogen) atoms. The van der Waals surface area contributed by atoms with Gasteiger partial charge < -0.3 is 5.11 Å². The molecule has 3 atom stereocenters. The summed E-state index contributed by atoms with van der Waals surface area (Å²) in [7, 11) is 0. The Bertz CT molecular complexity index is 1260. The average molecular weight is 562 g/mol. The zero-order chi connectivity index (χ0) is 24.0. The minimum Gasteiger partial charge on any atom is -0.361 e. The Kier molecular flexibility index (Phi) is 6.27. The standard InChI is InChI=1S/C25H19BrCl2N2O4/c26-17-8-6-16(7-9-17)25(33)14-22(15-4-2-1-3-5-15)30(34-25)21-13-23(31)29(24(21)32)18-10-11-19(27)20(28)12-18/h1-12,21-22,33H,13-14H2/t21-,22+,25-/m1/s1. The van der Waals surface area contributed by atoms with Gasteiger partial charge in [0.1, 0.15) is 6.04 Å². The molecule has 5 rings (SSSR count). The number of carbonyl (C=O) groups is 2. The summed E-state index contributed by atoms with van der Waals surface area (Å²) < 4.78 is 0.864. The summed E-state index contributed by atoms with van der Waals surface area (Å²) in [5, 5.41) is 13.5. The molecular weight excluding hydrogens is 543 g/mol. The first-order valence-corrected chi connectivity index (χ1v) is 12.1. The molecule has 3 aromatic rings. The Balaban J connectivity index is 1.51. The van der Waals surface area contributed by atoms with Crippen molar-refractivity contribution < 1.29 is 19.5 Å². The van der Waals surface area contributed by atoms with E-state index in [1.165, 1.54) is 11.1 Å². The Labute approximate surface area is 214 Å². The highest BCUT2D eigenvalue weighted by molar-refractivity contribution is 9.10. The second kappa shape index (κ2) is 9.07. The first-order valence-electron chi connectivity index (χ1n) is 10.6. The molecule has 2 aliphatic heterocycles. The van der Waals surface area contributed by atoms with E-state index in [0.29, 0.717) is 16.3 Å². The van der Waals surface area contributed by atoms with Crippen LogP contribution in [-0.4, -0.2) is 28.0 Å². The van der Waals surface area contributed by atoms with E-state index in [4.69, 9.17) is 28.0 Å². The van der Waals surface area contributed by atoms with Crippen molar-refractivity contribution in [1.82, 2.24) is 5.06 Å². The van der Waals surface area contributed by atoms with Gasteiger partial charge in [0.2, 0.25) is 11.7 Å². The lowest BCUT2D eigenvalue weighted by Gasteiger charge is -2.28. The summed E-state index contributed by atoms with van der Waals surface area (Å²) in [5.41, 5.74) is 1.76. The maximum Gasteiger partial charge on any atom is 0.254 e. The van der Waals surface area contributed by atoms with Gasteiger partial charge >= 0.3 is 0 Å². The molecule has 0 radical (unpaired) electrons. The molecule has 2 fully saturated rings. The summed E-state index contributed by atoms with van der Waals surface area (Å²) in [6.07, 6.45) is 0.0855. The number of hydrogen-bond donors (Lipinski definition) is 1. The molecule has 1 N–H and O–H groups in total. The topological polar surface area (TPSA) is 70.1 Å². The Morgan fingerprint density at radius 2 is 1.65 bits per heavy atom. The number of imide groups is 1. The van der Waals surface area contributed by atoms with Crippen LogP contribution in [0.4, 0.5) is 5.69 Å². The van der Waals surface area contributed by atoms with Crippen LogP contribution < -0.4 is 4.90 Å². The number of amides is 2. The van der Waals surface area contributed by atoms with Gasteiger partial charge in [-0.25, -0.2) is 4.90 Å². The van der Waals surface area contributed by atoms with Crippen LogP contribution in [0.15, 0.2) is 77.3 Å². The largest absolute Gasteiger partial charge is 0.361 e. The zero-order valence-electron chi connectivity index (χ0n) is 17.7. The third-order valence-corrected chi connectivity index (χ3v) is 7.37. The number of rotatable bonds is 4. The molecule has 0 bridgehead atoms. The van der Waals surface area contributed by atoms with E-state index in [-0.39, 0.29) is 23.8 Å². The fraction of sp³-hybridized carbons (Fsp3) is 0.200. The van der Waals surface area contributed by atoms with Crippen molar-refractivity contribution in [3.05, 3.63) is 98.4 Å². The van der Waals surface area contributed by atoms with Crippen LogP contribution >= 0.6 is 39.1 Å². The fourth-order valence-electron chi connectivity index (χ4n) is 4.44. The highest BCUT2D eigenvalue weighted by atomic mass is 79.9. The number of hydroxylamine groups is 2. The van der Waals surface area contributed by atoms with Gasteiger partial charge in [0.25, 0.3) is 5.91 Å². The lowest BCUT2D eigenvalue weighted by molar-refractivity contribution is -0.303. The van der Waals surface area contributed by atoms with E-state index in [1.54, 1.807) is 24.3 Å². The third kappa shape index (κ3) is 4.17. The molecule has 9 heteroatoms. The molecule has 2 amide bonds. The van der Waals surface area contributed by atoms with Gasteiger partial charge in [0.15, 0.2) is 0 Å². The molecule has 6 nitrogen and oxygen atoms in total. The van der Waals surface area contributed by atoms with Gasteiger partial charge in [-0.05, 0) is 35.9 Å². The van der Waals surface area contributed by atoms with E-state index in [9.17, 15) is 14.7 Å². The van der Waals surface area contributed by atoms with Crippen LogP contribution in [0.25, 0.3) is 0 Å².